The van der Waals surface area contributed by atoms with Gasteiger partial charge in [-0.05, 0) is 0 Å². The minimum atomic E-state index is -5.16. The lowest BCUT2D eigenvalue weighted by molar-refractivity contribution is -0.209. The van der Waals surface area contributed by atoms with E-state index in [4.69, 9.17) is 5.11 Å². The van der Waals surface area contributed by atoms with Gasteiger partial charge in [-0.3, -0.25) is 4.68 Å². The Hall–Kier alpha value is -1.25. The van der Waals surface area contributed by atoms with Crippen molar-refractivity contribution in [1.29, 1.82) is 0 Å². The first-order valence-electron chi connectivity index (χ1n) is 3.89. The lowest BCUT2D eigenvalue weighted by atomic mass is 10.1. The number of alkyl halides is 6. The summed E-state index contributed by atoms with van der Waals surface area (Å²) in [7, 11) is 1.03. The molecule has 92 valence electrons. The normalized spacial score (nSPS) is 15.2. The molecule has 0 aromatic carbocycles. The predicted octanol–water partition coefficient (Wildman–Crippen LogP) is 2.03. The van der Waals surface area contributed by atoms with Gasteiger partial charge in [0.05, 0.1) is 0 Å². The van der Waals surface area contributed by atoms with E-state index in [1.54, 1.807) is 0 Å². The maximum atomic E-state index is 12.3. The van der Waals surface area contributed by atoms with Gasteiger partial charge in [-0.2, -0.15) is 31.4 Å². The van der Waals surface area contributed by atoms with Crippen LogP contribution in [-0.4, -0.2) is 21.1 Å². The third-order valence-corrected chi connectivity index (χ3v) is 1.73. The van der Waals surface area contributed by atoms with Crippen LogP contribution in [0, 0.1) is 0 Å². The van der Waals surface area contributed by atoms with Gasteiger partial charge >= 0.3 is 12.4 Å². The van der Waals surface area contributed by atoms with E-state index >= 15 is 0 Å². The molecule has 0 aliphatic rings. The summed E-state index contributed by atoms with van der Waals surface area (Å²) < 4.78 is 73.5. The Morgan fingerprint density at radius 2 is 1.75 bits per heavy atom. The highest BCUT2D eigenvalue weighted by Crippen LogP contribution is 2.39. The lowest BCUT2D eigenvalue weighted by Crippen LogP contribution is -2.23. The maximum absolute atomic E-state index is 12.3. The fourth-order valence-corrected chi connectivity index (χ4v) is 1.10. The van der Waals surface area contributed by atoms with E-state index in [0.29, 0.717) is 10.9 Å². The van der Waals surface area contributed by atoms with Crippen LogP contribution in [-0.2, 0) is 13.2 Å². The molecule has 1 rings (SSSR count). The summed E-state index contributed by atoms with van der Waals surface area (Å²) in [5.74, 6) is 0. The summed E-state index contributed by atoms with van der Waals surface area (Å²) in [6, 6.07) is 0. The van der Waals surface area contributed by atoms with E-state index in [9.17, 15) is 26.3 Å². The van der Waals surface area contributed by atoms with Crippen molar-refractivity contribution < 1.29 is 31.4 Å². The van der Waals surface area contributed by atoms with Crippen LogP contribution in [0.1, 0.15) is 17.4 Å². The number of hydrogen-bond acceptors (Lipinski definition) is 2. The number of rotatable bonds is 1. The molecular weight excluding hydrogens is 242 g/mol. The molecule has 0 aliphatic carbocycles. The Labute approximate surface area is 85.3 Å². The second-order valence-electron chi connectivity index (χ2n) is 3.05. The van der Waals surface area contributed by atoms with Gasteiger partial charge in [-0.15, -0.1) is 0 Å². The molecular formula is C7H6F6N2O. The summed E-state index contributed by atoms with van der Waals surface area (Å²) in [5, 5.41) is 11.6. The Kier molecular flexibility index (Phi) is 2.92. The zero-order valence-corrected chi connectivity index (χ0v) is 7.76. The van der Waals surface area contributed by atoms with E-state index in [2.05, 4.69) is 5.10 Å². The second kappa shape index (κ2) is 3.65. The molecule has 1 aromatic heterocycles. The molecule has 16 heavy (non-hydrogen) atoms. The molecule has 0 saturated carbocycles. The molecule has 0 spiro atoms. The molecule has 0 fully saturated rings. The molecule has 0 radical (unpaired) electrons. The van der Waals surface area contributed by atoms with Gasteiger partial charge < -0.3 is 5.11 Å². The van der Waals surface area contributed by atoms with Crippen LogP contribution in [0.2, 0.25) is 0 Å². The van der Waals surface area contributed by atoms with Crippen molar-refractivity contribution in [3.63, 3.8) is 0 Å². The van der Waals surface area contributed by atoms with Crippen LogP contribution in [0.4, 0.5) is 26.3 Å². The van der Waals surface area contributed by atoms with Crippen molar-refractivity contribution in [2.24, 2.45) is 7.05 Å². The average Bonchev–Trinajstić information content (AvgIpc) is 2.43. The monoisotopic (exact) mass is 248 g/mol. The Balaban J connectivity index is 3.24. The van der Waals surface area contributed by atoms with Crippen LogP contribution in [0.5, 0.6) is 0 Å². The molecule has 3 nitrogen and oxygen atoms in total. The number of aryl methyl sites for hydroxylation is 1. The smallest absolute Gasteiger partial charge is 0.379 e. The molecule has 0 aliphatic heterocycles. The number of aromatic nitrogens is 2. The summed E-state index contributed by atoms with van der Waals surface area (Å²) in [4.78, 5) is 0. The van der Waals surface area contributed by atoms with Gasteiger partial charge in [0.2, 0.25) is 0 Å². The Bertz CT molecular complexity index is 379. The van der Waals surface area contributed by atoms with Gasteiger partial charge in [0.25, 0.3) is 0 Å². The Morgan fingerprint density at radius 3 is 2.12 bits per heavy atom. The van der Waals surface area contributed by atoms with Crippen LogP contribution in [0.25, 0.3) is 0 Å². The summed E-state index contributed by atoms with van der Waals surface area (Å²) in [5.41, 5.74) is -3.04. The van der Waals surface area contributed by atoms with Crippen molar-refractivity contribution in [2.75, 3.05) is 0 Å². The quantitative estimate of drug-likeness (QED) is 0.772. The van der Waals surface area contributed by atoms with Gasteiger partial charge in [0, 0.05) is 18.8 Å². The third-order valence-electron chi connectivity index (χ3n) is 1.73. The summed E-state index contributed by atoms with van der Waals surface area (Å²) in [6.45, 7) is 0. The van der Waals surface area contributed by atoms with Crippen molar-refractivity contribution >= 4 is 0 Å². The van der Waals surface area contributed by atoms with Crippen molar-refractivity contribution in [2.45, 2.75) is 18.5 Å². The van der Waals surface area contributed by atoms with Crippen molar-refractivity contribution in [1.82, 2.24) is 9.78 Å². The third kappa shape index (κ3) is 2.46. The highest BCUT2D eigenvalue weighted by atomic mass is 19.4. The molecule has 1 heterocycles. The van der Waals surface area contributed by atoms with Gasteiger partial charge in [-0.1, -0.05) is 0 Å². The van der Waals surface area contributed by atoms with Gasteiger partial charge in [0.1, 0.15) is 0 Å². The number of halogens is 6. The number of hydrogen-bond donors (Lipinski definition) is 1. The SMILES string of the molecule is Cn1cc([C@@H](O)C(F)(F)F)c(C(F)(F)F)n1. The van der Waals surface area contributed by atoms with Crippen LogP contribution >= 0.6 is 0 Å². The molecule has 1 aromatic rings. The number of aliphatic hydroxyl groups is 1. The fraction of sp³-hybridized carbons (Fsp3) is 0.571. The first-order valence-corrected chi connectivity index (χ1v) is 3.89. The summed E-state index contributed by atoms with van der Waals surface area (Å²) in [6.07, 6.45) is -12.9. The standard InChI is InChI=1S/C7H6F6N2O/c1-15-2-3(5(16)7(11,12)13)4(14-15)6(8,9)10/h2,5,16H,1H3/t5-/m1/s1. The predicted molar refractivity (Wildman–Crippen MR) is 39.2 cm³/mol. The zero-order chi connectivity index (χ0) is 12.7. The van der Waals surface area contributed by atoms with E-state index in [-0.39, 0.29) is 0 Å². The number of aliphatic hydroxyl groups excluding tert-OH is 1. The average molecular weight is 248 g/mol. The highest BCUT2D eigenvalue weighted by molar-refractivity contribution is 5.23. The second-order valence-corrected chi connectivity index (χ2v) is 3.05. The van der Waals surface area contributed by atoms with E-state index in [0.717, 1.165) is 7.05 Å². The van der Waals surface area contributed by atoms with Crippen LogP contribution in [0.3, 0.4) is 0 Å². The zero-order valence-electron chi connectivity index (χ0n) is 7.76. The van der Waals surface area contributed by atoms with E-state index in [1.165, 1.54) is 0 Å². The summed E-state index contributed by atoms with van der Waals surface area (Å²) >= 11 is 0. The molecule has 0 saturated heterocycles. The molecule has 1 N–H and O–H groups in total. The number of nitrogens with zero attached hydrogens (tertiary/aromatic N) is 2. The minimum Gasteiger partial charge on any atom is -0.379 e. The molecule has 9 heteroatoms. The fourth-order valence-electron chi connectivity index (χ4n) is 1.10. The Morgan fingerprint density at radius 1 is 1.25 bits per heavy atom. The van der Waals surface area contributed by atoms with Crippen molar-refractivity contribution in [3.05, 3.63) is 17.5 Å². The van der Waals surface area contributed by atoms with Crippen molar-refractivity contribution in [3.8, 4) is 0 Å². The minimum absolute atomic E-state index is 0.487. The maximum Gasteiger partial charge on any atom is 0.435 e. The largest absolute Gasteiger partial charge is 0.435 e. The highest BCUT2D eigenvalue weighted by Gasteiger charge is 2.46. The molecule has 0 bridgehead atoms. The molecule has 1 atom stereocenters. The molecule has 0 unspecified atom stereocenters. The van der Waals surface area contributed by atoms with Gasteiger partial charge in [-0.25, -0.2) is 0 Å². The topological polar surface area (TPSA) is 38.0 Å². The van der Waals surface area contributed by atoms with Gasteiger partial charge in [0.15, 0.2) is 11.8 Å². The first kappa shape index (κ1) is 12.8. The van der Waals surface area contributed by atoms with Crippen LogP contribution < -0.4 is 0 Å². The van der Waals surface area contributed by atoms with E-state index in [1.807, 2.05) is 0 Å². The first-order chi connectivity index (χ1) is 7.03. The molecule has 0 amide bonds. The van der Waals surface area contributed by atoms with E-state index < -0.39 is 29.7 Å². The lowest BCUT2D eigenvalue weighted by Gasteiger charge is -2.15. The van der Waals surface area contributed by atoms with Crippen LogP contribution in [0.15, 0.2) is 6.20 Å².